The molecule has 84 valence electrons. The SMILES string of the molecule is COc1ccc(CNCCSC)cc1Cl. The minimum absolute atomic E-state index is 0.668. The molecule has 0 radical (unpaired) electrons. The fourth-order valence-corrected chi connectivity index (χ4v) is 1.86. The smallest absolute Gasteiger partial charge is 0.137 e. The first kappa shape index (κ1) is 12.7. The lowest BCUT2D eigenvalue weighted by Gasteiger charge is -2.07. The molecule has 0 aromatic heterocycles. The first-order valence-corrected chi connectivity index (χ1v) is 6.57. The topological polar surface area (TPSA) is 21.3 Å². The van der Waals surface area contributed by atoms with Crippen LogP contribution in [0, 0.1) is 0 Å². The van der Waals surface area contributed by atoms with Crippen LogP contribution in [0.25, 0.3) is 0 Å². The molecule has 0 amide bonds. The Bertz CT molecular complexity index is 307. The maximum absolute atomic E-state index is 6.01. The molecule has 0 aliphatic carbocycles. The van der Waals surface area contributed by atoms with Crippen LogP contribution in [0.5, 0.6) is 5.75 Å². The molecule has 0 aliphatic rings. The van der Waals surface area contributed by atoms with Gasteiger partial charge in [-0.25, -0.2) is 0 Å². The number of halogens is 1. The van der Waals surface area contributed by atoms with Gasteiger partial charge in [-0.2, -0.15) is 11.8 Å². The average Bonchev–Trinajstić information content (AvgIpc) is 2.25. The van der Waals surface area contributed by atoms with Gasteiger partial charge in [-0.1, -0.05) is 17.7 Å². The van der Waals surface area contributed by atoms with E-state index >= 15 is 0 Å². The van der Waals surface area contributed by atoms with Crippen molar-refractivity contribution in [2.45, 2.75) is 6.54 Å². The van der Waals surface area contributed by atoms with Gasteiger partial charge < -0.3 is 10.1 Å². The van der Waals surface area contributed by atoms with Gasteiger partial charge in [-0.05, 0) is 24.0 Å². The van der Waals surface area contributed by atoms with Crippen molar-refractivity contribution in [3.05, 3.63) is 28.8 Å². The monoisotopic (exact) mass is 245 g/mol. The van der Waals surface area contributed by atoms with Gasteiger partial charge in [0.15, 0.2) is 0 Å². The summed E-state index contributed by atoms with van der Waals surface area (Å²) in [7, 11) is 1.62. The standard InChI is InChI=1S/C11H16ClNOS/c1-14-11-4-3-9(7-10(11)12)8-13-5-6-15-2/h3-4,7,13H,5-6,8H2,1-2H3. The Balaban J connectivity index is 2.45. The highest BCUT2D eigenvalue weighted by molar-refractivity contribution is 7.98. The average molecular weight is 246 g/mol. The lowest BCUT2D eigenvalue weighted by Crippen LogP contribution is -2.16. The van der Waals surface area contributed by atoms with Crippen molar-refractivity contribution in [2.24, 2.45) is 0 Å². The zero-order valence-corrected chi connectivity index (χ0v) is 10.6. The van der Waals surface area contributed by atoms with E-state index in [0.29, 0.717) is 5.02 Å². The van der Waals surface area contributed by atoms with E-state index in [2.05, 4.69) is 11.6 Å². The number of ether oxygens (including phenoxy) is 1. The molecule has 0 aliphatic heterocycles. The summed E-state index contributed by atoms with van der Waals surface area (Å²) in [6, 6.07) is 5.86. The minimum atomic E-state index is 0.668. The molecule has 1 aromatic carbocycles. The van der Waals surface area contributed by atoms with Gasteiger partial charge in [0.2, 0.25) is 0 Å². The summed E-state index contributed by atoms with van der Waals surface area (Å²) in [6.45, 7) is 1.87. The van der Waals surface area contributed by atoms with Gasteiger partial charge in [-0.15, -0.1) is 0 Å². The summed E-state index contributed by atoms with van der Waals surface area (Å²) < 4.78 is 5.09. The highest BCUT2D eigenvalue weighted by Gasteiger charge is 2.00. The zero-order chi connectivity index (χ0) is 11.1. The van der Waals surface area contributed by atoms with Crippen LogP contribution >= 0.6 is 23.4 Å². The molecule has 0 heterocycles. The fourth-order valence-electron chi connectivity index (χ4n) is 1.23. The Morgan fingerprint density at radius 1 is 1.47 bits per heavy atom. The molecule has 0 unspecified atom stereocenters. The van der Waals surface area contributed by atoms with Crippen LogP contribution in [-0.4, -0.2) is 25.7 Å². The molecule has 0 bridgehead atoms. The van der Waals surface area contributed by atoms with Crippen LogP contribution < -0.4 is 10.1 Å². The molecule has 1 N–H and O–H groups in total. The third-order valence-corrected chi connectivity index (χ3v) is 2.94. The van der Waals surface area contributed by atoms with E-state index in [1.165, 1.54) is 5.56 Å². The lowest BCUT2D eigenvalue weighted by molar-refractivity contribution is 0.415. The number of methoxy groups -OCH3 is 1. The van der Waals surface area contributed by atoms with E-state index in [1.54, 1.807) is 7.11 Å². The second-order valence-electron chi connectivity index (χ2n) is 3.14. The highest BCUT2D eigenvalue weighted by Crippen LogP contribution is 2.24. The van der Waals surface area contributed by atoms with Crippen molar-refractivity contribution in [3.8, 4) is 5.75 Å². The summed E-state index contributed by atoms with van der Waals surface area (Å²) in [4.78, 5) is 0. The van der Waals surface area contributed by atoms with Gasteiger partial charge >= 0.3 is 0 Å². The Morgan fingerprint density at radius 3 is 2.87 bits per heavy atom. The van der Waals surface area contributed by atoms with Crippen molar-refractivity contribution in [1.29, 1.82) is 0 Å². The maximum Gasteiger partial charge on any atom is 0.137 e. The van der Waals surface area contributed by atoms with Crippen LogP contribution in [-0.2, 0) is 6.54 Å². The van der Waals surface area contributed by atoms with Crippen molar-refractivity contribution in [1.82, 2.24) is 5.32 Å². The second-order valence-corrected chi connectivity index (χ2v) is 4.53. The summed E-state index contributed by atoms with van der Waals surface area (Å²) in [5.41, 5.74) is 1.18. The number of hydrogen-bond acceptors (Lipinski definition) is 3. The molecular weight excluding hydrogens is 230 g/mol. The molecule has 15 heavy (non-hydrogen) atoms. The normalized spacial score (nSPS) is 10.3. The molecule has 4 heteroatoms. The maximum atomic E-state index is 6.01. The predicted molar refractivity (Wildman–Crippen MR) is 68.1 cm³/mol. The molecular formula is C11H16ClNOS. The third-order valence-electron chi connectivity index (χ3n) is 2.03. The summed E-state index contributed by atoms with van der Waals surface area (Å²) in [5, 5.41) is 4.02. The molecule has 0 atom stereocenters. The molecule has 2 nitrogen and oxygen atoms in total. The highest BCUT2D eigenvalue weighted by atomic mass is 35.5. The zero-order valence-electron chi connectivity index (χ0n) is 9.05. The van der Waals surface area contributed by atoms with E-state index in [9.17, 15) is 0 Å². The molecule has 1 aromatic rings. The largest absolute Gasteiger partial charge is 0.495 e. The Morgan fingerprint density at radius 2 is 2.27 bits per heavy atom. The third kappa shape index (κ3) is 4.33. The van der Waals surface area contributed by atoms with Gasteiger partial charge in [0.25, 0.3) is 0 Å². The van der Waals surface area contributed by atoms with E-state index in [1.807, 2.05) is 30.0 Å². The Hall–Kier alpha value is -0.380. The Kier molecular flexibility index (Phi) is 5.91. The number of thioether (sulfide) groups is 1. The first-order chi connectivity index (χ1) is 7.27. The fraction of sp³-hybridized carbons (Fsp3) is 0.455. The van der Waals surface area contributed by atoms with Gasteiger partial charge in [0.1, 0.15) is 5.75 Å². The summed E-state index contributed by atoms with van der Waals surface area (Å²) >= 11 is 7.85. The first-order valence-electron chi connectivity index (χ1n) is 4.80. The molecule has 1 rings (SSSR count). The van der Waals surface area contributed by atoms with Crippen LogP contribution in [0.15, 0.2) is 18.2 Å². The van der Waals surface area contributed by atoms with Crippen LogP contribution in [0.1, 0.15) is 5.56 Å². The van der Waals surface area contributed by atoms with Gasteiger partial charge in [-0.3, -0.25) is 0 Å². The predicted octanol–water partition coefficient (Wildman–Crippen LogP) is 2.80. The number of rotatable bonds is 6. The lowest BCUT2D eigenvalue weighted by atomic mass is 10.2. The number of hydrogen-bond donors (Lipinski definition) is 1. The van der Waals surface area contributed by atoms with Crippen LogP contribution in [0.2, 0.25) is 5.02 Å². The summed E-state index contributed by atoms with van der Waals surface area (Å²) in [6.07, 6.45) is 2.10. The van der Waals surface area contributed by atoms with E-state index in [4.69, 9.17) is 16.3 Å². The Labute approximate surface area is 100 Å². The number of benzene rings is 1. The number of nitrogens with one attached hydrogen (secondary N) is 1. The van der Waals surface area contributed by atoms with Crippen molar-refractivity contribution in [2.75, 3.05) is 25.7 Å². The van der Waals surface area contributed by atoms with Gasteiger partial charge in [0, 0.05) is 18.8 Å². The van der Waals surface area contributed by atoms with Gasteiger partial charge in [0.05, 0.1) is 12.1 Å². The van der Waals surface area contributed by atoms with E-state index < -0.39 is 0 Å². The minimum Gasteiger partial charge on any atom is -0.495 e. The van der Waals surface area contributed by atoms with E-state index in [0.717, 1.165) is 24.6 Å². The molecule has 0 saturated heterocycles. The second kappa shape index (κ2) is 6.99. The summed E-state index contributed by atoms with van der Waals surface area (Å²) in [5.74, 6) is 1.86. The van der Waals surface area contributed by atoms with Crippen molar-refractivity contribution in [3.63, 3.8) is 0 Å². The quantitative estimate of drug-likeness (QED) is 0.779. The molecule has 0 fully saturated rings. The molecule has 0 spiro atoms. The van der Waals surface area contributed by atoms with Crippen molar-refractivity contribution >= 4 is 23.4 Å². The van der Waals surface area contributed by atoms with Crippen LogP contribution in [0.3, 0.4) is 0 Å². The van der Waals surface area contributed by atoms with Crippen molar-refractivity contribution < 1.29 is 4.74 Å². The molecule has 0 saturated carbocycles. The van der Waals surface area contributed by atoms with Crippen LogP contribution in [0.4, 0.5) is 0 Å². The van der Waals surface area contributed by atoms with E-state index in [-0.39, 0.29) is 0 Å².